The highest BCUT2D eigenvalue weighted by atomic mass is 28.3. The van der Waals surface area contributed by atoms with Gasteiger partial charge < -0.3 is 0 Å². The molecule has 6 aromatic rings. The van der Waals surface area contributed by atoms with Crippen LogP contribution >= 0.6 is 0 Å². The zero-order valence-corrected chi connectivity index (χ0v) is 22.3. The molecule has 1 heteroatoms. The second-order valence-electron chi connectivity index (χ2n) is 9.72. The van der Waals surface area contributed by atoms with Gasteiger partial charge in [0.25, 0.3) is 0 Å². The third-order valence-corrected chi connectivity index (χ3v) is 12.4. The van der Waals surface area contributed by atoms with Crippen molar-refractivity contribution in [3.8, 4) is 0 Å². The maximum Gasteiger partial charge on any atom is 0.179 e. The monoisotopic (exact) mass is 502 g/mol. The van der Waals surface area contributed by atoms with Gasteiger partial charge in [-0.15, -0.1) is 0 Å². The topological polar surface area (TPSA) is 0 Å². The van der Waals surface area contributed by atoms with Crippen LogP contribution in [-0.4, -0.2) is 8.07 Å². The number of hydrogen-bond donors (Lipinski definition) is 0. The van der Waals surface area contributed by atoms with Gasteiger partial charge in [-0.1, -0.05) is 176 Å². The molecule has 0 saturated heterocycles. The van der Waals surface area contributed by atoms with Gasteiger partial charge in [-0.25, -0.2) is 0 Å². The van der Waals surface area contributed by atoms with Crippen LogP contribution in [-0.2, 0) is 0 Å². The molecule has 0 saturated carbocycles. The van der Waals surface area contributed by atoms with Gasteiger partial charge in [0.1, 0.15) is 0 Å². The Balaban J connectivity index is 1.56. The quantitative estimate of drug-likeness (QED) is 0.179. The summed E-state index contributed by atoms with van der Waals surface area (Å²) in [6.07, 6.45) is 0. The summed E-state index contributed by atoms with van der Waals surface area (Å²) in [7, 11) is -2.52. The smallest absolute Gasteiger partial charge is 0.0623 e. The lowest BCUT2D eigenvalue weighted by Crippen LogP contribution is -2.74. The lowest BCUT2D eigenvalue weighted by atomic mass is 9.85. The number of hydrogen-bond acceptors (Lipinski definition) is 0. The fourth-order valence-corrected chi connectivity index (χ4v) is 10.6. The summed E-state index contributed by atoms with van der Waals surface area (Å²) in [4.78, 5) is 0. The third-order valence-electron chi connectivity index (χ3n) is 7.56. The van der Waals surface area contributed by atoms with Crippen LogP contribution in [0, 0.1) is 0 Å². The molecule has 0 fully saturated rings. The molecular weight excluding hydrogens is 472 g/mol. The summed E-state index contributed by atoms with van der Waals surface area (Å²) < 4.78 is 0. The SMILES string of the molecule is c1ccc(C(c2ccccc2)c2ccc([Si](c3ccccc3)(c3ccccc3)c3ccccc3)cc2)cc1. The Hall–Kier alpha value is -4.46. The van der Waals surface area contributed by atoms with E-state index >= 15 is 0 Å². The van der Waals surface area contributed by atoms with Crippen molar-refractivity contribution in [2.45, 2.75) is 5.92 Å². The Morgan fingerprint density at radius 3 is 0.868 bits per heavy atom. The van der Waals surface area contributed by atoms with Crippen LogP contribution in [0.1, 0.15) is 22.6 Å². The molecule has 182 valence electrons. The summed E-state index contributed by atoms with van der Waals surface area (Å²) in [5.41, 5.74) is 3.93. The summed E-state index contributed by atoms with van der Waals surface area (Å²) in [5, 5.41) is 5.58. The molecule has 0 bridgehead atoms. The normalized spacial score (nSPS) is 11.4. The molecular formula is C37H30Si. The van der Waals surface area contributed by atoms with Crippen LogP contribution in [0.5, 0.6) is 0 Å². The van der Waals surface area contributed by atoms with E-state index in [1.54, 1.807) is 0 Å². The standard InChI is InChI=1S/C37H30Si/c1-6-16-30(17-7-1)37(31-18-8-2-9-19-31)32-26-28-36(29-27-32)38(33-20-10-3-11-21-33,34-22-12-4-13-23-34)35-24-14-5-15-25-35/h1-29,37H. The zero-order chi connectivity index (χ0) is 25.6. The van der Waals surface area contributed by atoms with Gasteiger partial charge in [-0.05, 0) is 37.4 Å². The van der Waals surface area contributed by atoms with Gasteiger partial charge in [0.2, 0.25) is 0 Å². The molecule has 0 spiro atoms. The van der Waals surface area contributed by atoms with Gasteiger partial charge in [-0.3, -0.25) is 0 Å². The second-order valence-corrected chi connectivity index (χ2v) is 13.5. The highest BCUT2D eigenvalue weighted by molar-refractivity contribution is 7.19. The Kier molecular flexibility index (Phi) is 6.84. The molecule has 0 N–H and O–H groups in total. The van der Waals surface area contributed by atoms with Crippen molar-refractivity contribution in [2.24, 2.45) is 0 Å². The first-order chi connectivity index (χ1) is 18.9. The van der Waals surface area contributed by atoms with Crippen molar-refractivity contribution in [1.29, 1.82) is 0 Å². The van der Waals surface area contributed by atoms with Gasteiger partial charge in [0, 0.05) is 5.92 Å². The first-order valence-corrected chi connectivity index (χ1v) is 15.2. The van der Waals surface area contributed by atoms with Crippen LogP contribution in [0.3, 0.4) is 0 Å². The van der Waals surface area contributed by atoms with Gasteiger partial charge in [-0.2, -0.15) is 0 Å². The van der Waals surface area contributed by atoms with E-state index in [1.165, 1.54) is 37.4 Å². The predicted octanol–water partition coefficient (Wildman–Crippen LogP) is 6.24. The molecule has 0 amide bonds. The first-order valence-electron chi connectivity index (χ1n) is 13.2. The minimum absolute atomic E-state index is 0.188. The van der Waals surface area contributed by atoms with Crippen molar-refractivity contribution >= 4 is 28.8 Å². The van der Waals surface area contributed by atoms with Crippen molar-refractivity contribution in [3.05, 3.63) is 193 Å². The van der Waals surface area contributed by atoms with Crippen molar-refractivity contribution < 1.29 is 0 Å². The molecule has 0 aromatic heterocycles. The highest BCUT2D eigenvalue weighted by Gasteiger charge is 2.41. The summed E-state index contributed by atoms with van der Waals surface area (Å²) in [6.45, 7) is 0. The molecule has 0 heterocycles. The molecule has 0 aliphatic rings. The minimum Gasteiger partial charge on any atom is -0.0623 e. The van der Waals surface area contributed by atoms with E-state index in [0.717, 1.165) is 0 Å². The fraction of sp³-hybridized carbons (Fsp3) is 0.0270. The maximum absolute atomic E-state index is 2.52. The molecule has 0 unspecified atom stereocenters. The zero-order valence-electron chi connectivity index (χ0n) is 21.3. The summed E-state index contributed by atoms with van der Waals surface area (Å²) in [5.74, 6) is 0.188. The van der Waals surface area contributed by atoms with Crippen LogP contribution in [0.15, 0.2) is 176 Å². The average Bonchev–Trinajstić information content (AvgIpc) is 3.01. The minimum atomic E-state index is -2.52. The lowest BCUT2D eigenvalue weighted by molar-refractivity contribution is 0.978. The van der Waals surface area contributed by atoms with Crippen LogP contribution in [0.25, 0.3) is 0 Å². The van der Waals surface area contributed by atoms with E-state index in [4.69, 9.17) is 0 Å². The van der Waals surface area contributed by atoms with Crippen LogP contribution < -0.4 is 20.7 Å². The average molecular weight is 503 g/mol. The lowest BCUT2D eigenvalue weighted by Gasteiger charge is -2.34. The van der Waals surface area contributed by atoms with Crippen LogP contribution in [0.2, 0.25) is 0 Å². The highest BCUT2D eigenvalue weighted by Crippen LogP contribution is 2.31. The van der Waals surface area contributed by atoms with Gasteiger partial charge in [0.15, 0.2) is 8.07 Å². The molecule has 0 nitrogen and oxygen atoms in total. The molecule has 0 atom stereocenters. The third kappa shape index (κ3) is 4.42. The van der Waals surface area contributed by atoms with Crippen molar-refractivity contribution in [2.75, 3.05) is 0 Å². The fourth-order valence-electron chi connectivity index (χ4n) is 5.86. The molecule has 0 aliphatic carbocycles. The Labute approximate surface area is 226 Å². The Bertz CT molecular complexity index is 1430. The van der Waals surface area contributed by atoms with E-state index in [0.29, 0.717) is 0 Å². The van der Waals surface area contributed by atoms with Gasteiger partial charge in [0.05, 0.1) is 0 Å². The van der Waals surface area contributed by atoms with E-state index in [9.17, 15) is 0 Å². The Morgan fingerprint density at radius 1 is 0.263 bits per heavy atom. The summed E-state index contributed by atoms with van der Waals surface area (Å²) in [6, 6.07) is 64.5. The number of rotatable bonds is 7. The molecule has 0 radical (unpaired) electrons. The van der Waals surface area contributed by atoms with E-state index in [1.807, 2.05) is 0 Å². The van der Waals surface area contributed by atoms with Crippen molar-refractivity contribution in [1.82, 2.24) is 0 Å². The molecule has 6 aromatic carbocycles. The predicted molar refractivity (Wildman–Crippen MR) is 164 cm³/mol. The van der Waals surface area contributed by atoms with E-state index in [-0.39, 0.29) is 5.92 Å². The summed E-state index contributed by atoms with van der Waals surface area (Å²) >= 11 is 0. The van der Waals surface area contributed by atoms with E-state index in [2.05, 4.69) is 176 Å². The molecule has 0 aliphatic heterocycles. The first kappa shape index (κ1) is 23.9. The molecule has 6 rings (SSSR count). The maximum atomic E-state index is 2.40. The van der Waals surface area contributed by atoms with Gasteiger partial charge >= 0.3 is 0 Å². The Morgan fingerprint density at radius 2 is 0.526 bits per heavy atom. The van der Waals surface area contributed by atoms with E-state index < -0.39 is 8.07 Å². The largest absolute Gasteiger partial charge is 0.179 e. The number of benzene rings is 6. The molecule has 38 heavy (non-hydrogen) atoms. The van der Waals surface area contributed by atoms with Crippen LogP contribution in [0.4, 0.5) is 0 Å². The van der Waals surface area contributed by atoms with Crippen molar-refractivity contribution in [3.63, 3.8) is 0 Å². The second kappa shape index (κ2) is 10.9.